The SMILES string of the molecule is NC(=NCc1ccnc2ccccc12)NCCCN1CCOCC1. The summed E-state index contributed by atoms with van der Waals surface area (Å²) in [5, 5.41) is 4.32. The summed E-state index contributed by atoms with van der Waals surface area (Å²) in [5.74, 6) is 0.498. The zero-order valence-electron chi connectivity index (χ0n) is 13.9. The zero-order chi connectivity index (χ0) is 16.6. The van der Waals surface area contributed by atoms with Crippen LogP contribution in [0.4, 0.5) is 0 Å². The van der Waals surface area contributed by atoms with Gasteiger partial charge in [-0.2, -0.15) is 0 Å². The van der Waals surface area contributed by atoms with Gasteiger partial charge >= 0.3 is 0 Å². The molecule has 3 rings (SSSR count). The molecule has 0 bridgehead atoms. The predicted octanol–water partition coefficient (Wildman–Crippen LogP) is 1.36. The second-order valence-corrected chi connectivity index (χ2v) is 5.92. The third-order valence-corrected chi connectivity index (χ3v) is 4.22. The fourth-order valence-electron chi connectivity index (χ4n) is 2.86. The van der Waals surface area contributed by atoms with Crippen LogP contribution in [0.2, 0.25) is 0 Å². The topological polar surface area (TPSA) is 75.8 Å². The first kappa shape index (κ1) is 16.7. The number of aliphatic imine (C=N–C) groups is 1. The summed E-state index contributed by atoms with van der Waals surface area (Å²) in [6.45, 7) is 6.21. The summed E-state index contributed by atoms with van der Waals surface area (Å²) in [5.41, 5.74) is 8.10. The van der Waals surface area contributed by atoms with Gasteiger partial charge in [-0.3, -0.25) is 9.88 Å². The van der Waals surface area contributed by atoms with E-state index in [1.54, 1.807) is 0 Å². The van der Waals surface area contributed by atoms with Gasteiger partial charge in [0.25, 0.3) is 0 Å². The number of hydrogen-bond acceptors (Lipinski definition) is 4. The Morgan fingerprint density at radius 3 is 2.96 bits per heavy atom. The number of para-hydroxylation sites is 1. The van der Waals surface area contributed by atoms with E-state index >= 15 is 0 Å². The molecule has 1 saturated heterocycles. The highest BCUT2D eigenvalue weighted by Crippen LogP contribution is 2.16. The van der Waals surface area contributed by atoms with Crippen molar-refractivity contribution in [2.24, 2.45) is 10.7 Å². The molecule has 24 heavy (non-hydrogen) atoms. The Bertz CT molecular complexity index is 677. The van der Waals surface area contributed by atoms with Gasteiger partial charge in [-0.15, -0.1) is 0 Å². The fraction of sp³-hybridized carbons (Fsp3) is 0.444. The Morgan fingerprint density at radius 1 is 1.25 bits per heavy atom. The van der Waals surface area contributed by atoms with Crippen LogP contribution >= 0.6 is 0 Å². The molecular formula is C18H25N5O. The molecule has 0 saturated carbocycles. The molecule has 6 nitrogen and oxygen atoms in total. The molecule has 0 spiro atoms. The van der Waals surface area contributed by atoms with Crippen LogP contribution in [-0.2, 0) is 11.3 Å². The Kier molecular flexibility index (Phi) is 5.98. The standard InChI is InChI=1S/C18H25N5O/c19-18(21-7-3-9-23-10-12-24-13-11-23)22-14-15-6-8-20-17-5-2-1-4-16(15)17/h1-2,4-6,8H,3,7,9-14H2,(H3,19,21,22). The average molecular weight is 327 g/mol. The molecule has 1 aliphatic heterocycles. The molecule has 1 aliphatic rings. The number of benzene rings is 1. The van der Waals surface area contributed by atoms with Crippen molar-refractivity contribution >= 4 is 16.9 Å². The van der Waals surface area contributed by atoms with Gasteiger partial charge in [-0.05, 0) is 30.7 Å². The van der Waals surface area contributed by atoms with Gasteiger partial charge in [0.15, 0.2) is 5.96 Å². The number of ether oxygens (including phenoxy) is 1. The number of hydrogen-bond donors (Lipinski definition) is 2. The van der Waals surface area contributed by atoms with Crippen LogP contribution in [-0.4, -0.2) is 55.2 Å². The van der Waals surface area contributed by atoms with Gasteiger partial charge in [0.05, 0.1) is 25.3 Å². The number of rotatable bonds is 6. The van der Waals surface area contributed by atoms with E-state index in [1.165, 1.54) is 0 Å². The van der Waals surface area contributed by atoms with E-state index < -0.39 is 0 Å². The summed E-state index contributed by atoms with van der Waals surface area (Å²) < 4.78 is 5.35. The molecule has 0 atom stereocenters. The maximum Gasteiger partial charge on any atom is 0.188 e. The Hall–Kier alpha value is -2.18. The van der Waals surface area contributed by atoms with Gasteiger partial charge in [-0.25, -0.2) is 4.99 Å². The molecule has 2 heterocycles. The predicted molar refractivity (Wildman–Crippen MR) is 96.9 cm³/mol. The number of fused-ring (bicyclic) bond motifs is 1. The smallest absolute Gasteiger partial charge is 0.188 e. The number of pyridine rings is 1. The fourth-order valence-corrected chi connectivity index (χ4v) is 2.86. The molecule has 0 aliphatic carbocycles. The van der Waals surface area contributed by atoms with Crippen LogP contribution < -0.4 is 11.1 Å². The van der Waals surface area contributed by atoms with Crippen molar-refractivity contribution in [3.63, 3.8) is 0 Å². The van der Waals surface area contributed by atoms with E-state index in [0.717, 1.165) is 62.3 Å². The maximum atomic E-state index is 5.97. The highest BCUT2D eigenvalue weighted by molar-refractivity contribution is 5.82. The molecule has 0 unspecified atom stereocenters. The van der Waals surface area contributed by atoms with Crippen molar-refractivity contribution in [3.05, 3.63) is 42.1 Å². The van der Waals surface area contributed by atoms with Crippen molar-refractivity contribution in [2.75, 3.05) is 39.4 Å². The summed E-state index contributed by atoms with van der Waals surface area (Å²) in [6.07, 6.45) is 2.87. The monoisotopic (exact) mass is 327 g/mol. The van der Waals surface area contributed by atoms with E-state index in [1.807, 2.05) is 30.5 Å². The molecule has 1 aromatic carbocycles. The largest absolute Gasteiger partial charge is 0.379 e. The van der Waals surface area contributed by atoms with E-state index in [-0.39, 0.29) is 0 Å². The third kappa shape index (κ3) is 4.66. The first-order valence-electron chi connectivity index (χ1n) is 8.49. The van der Waals surface area contributed by atoms with Gasteiger partial charge in [0.2, 0.25) is 0 Å². The quantitative estimate of drug-likeness (QED) is 0.476. The van der Waals surface area contributed by atoms with Crippen molar-refractivity contribution < 1.29 is 4.74 Å². The average Bonchev–Trinajstić information content (AvgIpc) is 2.64. The second-order valence-electron chi connectivity index (χ2n) is 5.92. The Morgan fingerprint density at radius 2 is 2.08 bits per heavy atom. The zero-order valence-corrected chi connectivity index (χ0v) is 13.9. The highest BCUT2D eigenvalue weighted by atomic mass is 16.5. The maximum absolute atomic E-state index is 5.97. The van der Waals surface area contributed by atoms with E-state index in [9.17, 15) is 0 Å². The van der Waals surface area contributed by atoms with Gasteiger partial charge < -0.3 is 15.8 Å². The normalized spacial score (nSPS) is 16.4. The lowest BCUT2D eigenvalue weighted by Crippen LogP contribution is -2.39. The number of aromatic nitrogens is 1. The van der Waals surface area contributed by atoms with Gasteiger partial charge in [0, 0.05) is 31.2 Å². The van der Waals surface area contributed by atoms with Crippen LogP contribution in [0.25, 0.3) is 10.9 Å². The van der Waals surface area contributed by atoms with Gasteiger partial charge in [-0.1, -0.05) is 18.2 Å². The number of guanidine groups is 1. The molecular weight excluding hydrogens is 302 g/mol. The van der Waals surface area contributed by atoms with Crippen molar-refractivity contribution in [1.82, 2.24) is 15.2 Å². The van der Waals surface area contributed by atoms with Crippen LogP contribution in [0.3, 0.4) is 0 Å². The molecule has 1 aromatic heterocycles. The van der Waals surface area contributed by atoms with Crippen molar-refractivity contribution in [3.8, 4) is 0 Å². The Balaban J connectivity index is 1.45. The number of nitrogens with two attached hydrogens (primary N) is 1. The minimum absolute atomic E-state index is 0.498. The van der Waals surface area contributed by atoms with Crippen LogP contribution in [0, 0.1) is 0 Å². The molecule has 0 radical (unpaired) electrons. The molecule has 3 N–H and O–H groups in total. The first-order chi connectivity index (χ1) is 11.8. The minimum atomic E-state index is 0.498. The Labute approximate surface area is 142 Å². The van der Waals surface area contributed by atoms with Crippen LogP contribution in [0.5, 0.6) is 0 Å². The van der Waals surface area contributed by atoms with E-state index in [2.05, 4.69) is 26.3 Å². The van der Waals surface area contributed by atoms with Crippen molar-refractivity contribution in [1.29, 1.82) is 0 Å². The van der Waals surface area contributed by atoms with Crippen LogP contribution in [0.1, 0.15) is 12.0 Å². The molecule has 2 aromatic rings. The molecule has 6 heteroatoms. The lowest BCUT2D eigenvalue weighted by Gasteiger charge is -2.26. The first-order valence-corrected chi connectivity index (χ1v) is 8.49. The summed E-state index contributed by atoms with van der Waals surface area (Å²) in [4.78, 5) is 11.2. The lowest BCUT2D eigenvalue weighted by molar-refractivity contribution is 0.0376. The highest BCUT2D eigenvalue weighted by Gasteiger charge is 2.09. The molecule has 1 fully saturated rings. The minimum Gasteiger partial charge on any atom is -0.379 e. The summed E-state index contributed by atoms with van der Waals surface area (Å²) in [7, 11) is 0. The van der Waals surface area contributed by atoms with E-state index in [0.29, 0.717) is 12.5 Å². The van der Waals surface area contributed by atoms with E-state index in [4.69, 9.17) is 10.5 Å². The number of nitrogens with one attached hydrogen (secondary N) is 1. The molecule has 0 amide bonds. The third-order valence-electron chi connectivity index (χ3n) is 4.22. The van der Waals surface area contributed by atoms with Crippen molar-refractivity contribution in [2.45, 2.75) is 13.0 Å². The number of nitrogens with zero attached hydrogens (tertiary/aromatic N) is 3. The molecule has 128 valence electrons. The second kappa shape index (κ2) is 8.61. The summed E-state index contributed by atoms with van der Waals surface area (Å²) in [6, 6.07) is 10.1. The summed E-state index contributed by atoms with van der Waals surface area (Å²) >= 11 is 0. The number of morpholine rings is 1. The van der Waals surface area contributed by atoms with Gasteiger partial charge in [0.1, 0.15) is 0 Å². The van der Waals surface area contributed by atoms with Crippen LogP contribution in [0.15, 0.2) is 41.5 Å². The lowest BCUT2D eigenvalue weighted by atomic mass is 10.1.